The molecular weight excluding hydrogens is 262 g/mol. The van der Waals surface area contributed by atoms with E-state index in [1.165, 1.54) is 15.3 Å². The molecule has 1 aromatic heterocycles. The van der Waals surface area contributed by atoms with Crippen LogP contribution in [-0.4, -0.2) is 0 Å². The molecule has 2 aromatic rings. The number of aryl methyl sites for hydroxylation is 3. The van der Waals surface area contributed by atoms with Crippen molar-refractivity contribution in [2.75, 3.05) is 0 Å². The number of thiophene rings is 1. The highest BCUT2D eigenvalue weighted by atomic mass is 35.5. The molecule has 0 amide bonds. The zero-order chi connectivity index (χ0) is 13.3. The van der Waals surface area contributed by atoms with Gasteiger partial charge in [0, 0.05) is 14.8 Å². The first-order chi connectivity index (χ1) is 8.52. The maximum atomic E-state index is 6.37. The molecule has 0 fully saturated rings. The van der Waals surface area contributed by atoms with E-state index in [2.05, 4.69) is 32.0 Å². The Morgan fingerprint density at radius 2 is 1.94 bits per heavy atom. The smallest absolute Gasteiger partial charge is 0.0648 e. The Hall–Kier alpha value is -0.830. The second-order valence-electron chi connectivity index (χ2n) is 4.59. The molecule has 0 radical (unpaired) electrons. The van der Waals surface area contributed by atoms with Gasteiger partial charge in [0.2, 0.25) is 0 Å². The topological polar surface area (TPSA) is 26.0 Å². The minimum Gasteiger partial charge on any atom is -0.320 e. The molecule has 1 heterocycles. The average molecular weight is 280 g/mol. The number of nitrogens with two attached hydrogens (primary N) is 1. The van der Waals surface area contributed by atoms with Gasteiger partial charge in [0.05, 0.1) is 6.04 Å². The molecule has 96 valence electrons. The van der Waals surface area contributed by atoms with E-state index < -0.39 is 0 Å². The van der Waals surface area contributed by atoms with Crippen LogP contribution in [0.1, 0.15) is 39.4 Å². The lowest BCUT2D eigenvalue weighted by Gasteiger charge is -2.15. The minimum absolute atomic E-state index is 0.0498. The van der Waals surface area contributed by atoms with Crippen molar-refractivity contribution in [1.29, 1.82) is 0 Å². The summed E-state index contributed by atoms with van der Waals surface area (Å²) in [5, 5.41) is 0.809. The molecule has 1 nitrogen and oxygen atoms in total. The van der Waals surface area contributed by atoms with Gasteiger partial charge < -0.3 is 5.73 Å². The van der Waals surface area contributed by atoms with E-state index in [1.54, 1.807) is 11.3 Å². The summed E-state index contributed by atoms with van der Waals surface area (Å²) >= 11 is 7.92. The van der Waals surface area contributed by atoms with Gasteiger partial charge in [-0.05, 0) is 55.2 Å². The molecule has 18 heavy (non-hydrogen) atoms. The molecule has 0 spiro atoms. The van der Waals surface area contributed by atoms with Crippen molar-refractivity contribution in [1.82, 2.24) is 0 Å². The minimum atomic E-state index is -0.0498. The maximum absolute atomic E-state index is 6.37. The highest BCUT2D eigenvalue weighted by molar-refractivity contribution is 7.12. The molecule has 1 atom stereocenters. The summed E-state index contributed by atoms with van der Waals surface area (Å²) in [6, 6.07) is 8.36. The number of benzene rings is 1. The first-order valence-corrected chi connectivity index (χ1v) is 7.33. The number of hydrogen-bond acceptors (Lipinski definition) is 2. The summed E-state index contributed by atoms with van der Waals surface area (Å²) in [6.07, 6.45) is 1.07. The molecule has 0 bridgehead atoms. The molecule has 2 N–H and O–H groups in total. The monoisotopic (exact) mass is 279 g/mol. The third-order valence-electron chi connectivity index (χ3n) is 3.22. The van der Waals surface area contributed by atoms with Crippen LogP contribution in [0.2, 0.25) is 5.02 Å². The SMILES string of the molecule is CCc1ccc(C(N)c2cc(C)c(Cl)cc2C)s1. The second kappa shape index (κ2) is 5.43. The van der Waals surface area contributed by atoms with Crippen molar-refractivity contribution in [3.05, 3.63) is 55.7 Å². The second-order valence-corrected chi connectivity index (χ2v) is 6.20. The zero-order valence-electron chi connectivity index (χ0n) is 11.0. The highest BCUT2D eigenvalue weighted by Crippen LogP contribution is 2.31. The van der Waals surface area contributed by atoms with Crippen LogP contribution in [0.3, 0.4) is 0 Å². The van der Waals surface area contributed by atoms with Gasteiger partial charge in [-0.3, -0.25) is 0 Å². The van der Waals surface area contributed by atoms with Crippen LogP contribution in [0.5, 0.6) is 0 Å². The predicted octanol–water partition coefficient (Wildman–Crippen LogP) is 4.63. The van der Waals surface area contributed by atoms with Crippen LogP contribution in [0.15, 0.2) is 24.3 Å². The van der Waals surface area contributed by atoms with E-state index in [0.717, 1.165) is 22.6 Å². The van der Waals surface area contributed by atoms with E-state index in [4.69, 9.17) is 17.3 Å². The average Bonchev–Trinajstić information content (AvgIpc) is 2.81. The Bertz CT molecular complexity index is 560. The van der Waals surface area contributed by atoms with Crippen LogP contribution >= 0.6 is 22.9 Å². The van der Waals surface area contributed by atoms with Gasteiger partial charge in [-0.2, -0.15) is 0 Å². The van der Waals surface area contributed by atoms with Crippen molar-refractivity contribution in [3.63, 3.8) is 0 Å². The van der Waals surface area contributed by atoms with Crippen molar-refractivity contribution in [2.24, 2.45) is 5.73 Å². The standard InChI is InChI=1S/C15H18ClNS/c1-4-11-5-6-14(18-11)15(17)12-7-10(3)13(16)8-9(12)2/h5-8,15H,4,17H2,1-3H3. The molecule has 1 aromatic carbocycles. The fourth-order valence-corrected chi connectivity index (χ4v) is 3.23. The van der Waals surface area contributed by atoms with Crippen LogP contribution in [0.4, 0.5) is 0 Å². The molecule has 2 rings (SSSR count). The molecule has 0 aliphatic heterocycles. The molecule has 3 heteroatoms. The summed E-state index contributed by atoms with van der Waals surface area (Å²) < 4.78 is 0. The fourth-order valence-electron chi connectivity index (χ4n) is 2.04. The van der Waals surface area contributed by atoms with Crippen molar-refractivity contribution in [3.8, 4) is 0 Å². The largest absolute Gasteiger partial charge is 0.320 e. The third kappa shape index (κ3) is 2.61. The van der Waals surface area contributed by atoms with Crippen molar-refractivity contribution >= 4 is 22.9 Å². The quantitative estimate of drug-likeness (QED) is 0.871. The molecule has 0 saturated heterocycles. The van der Waals surface area contributed by atoms with Crippen LogP contribution < -0.4 is 5.73 Å². The van der Waals surface area contributed by atoms with Crippen molar-refractivity contribution in [2.45, 2.75) is 33.2 Å². The van der Waals surface area contributed by atoms with Gasteiger partial charge in [0.1, 0.15) is 0 Å². The van der Waals surface area contributed by atoms with Crippen LogP contribution in [0, 0.1) is 13.8 Å². The molecule has 0 aliphatic rings. The van der Waals surface area contributed by atoms with Crippen LogP contribution in [-0.2, 0) is 6.42 Å². The van der Waals surface area contributed by atoms with Crippen molar-refractivity contribution < 1.29 is 0 Å². The van der Waals surface area contributed by atoms with E-state index in [1.807, 2.05) is 13.0 Å². The van der Waals surface area contributed by atoms with Gasteiger partial charge >= 0.3 is 0 Å². The van der Waals surface area contributed by atoms with Gasteiger partial charge in [0.15, 0.2) is 0 Å². The summed E-state index contributed by atoms with van der Waals surface area (Å²) in [7, 11) is 0. The van der Waals surface area contributed by atoms with Gasteiger partial charge in [0.25, 0.3) is 0 Å². The van der Waals surface area contributed by atoms with E-state index in [-0.39, 0.29) is 6.04 Å². The molecule has 0 saturated carbocycles. The number of halogens is 1. The van der Waals surface area contributed by atoms with E-state index in [9.17, 15) is 0 Å². The van der Waals surface area contributed by atoms with E-state index >= 15 is 0 Å². The lowest BCUT2D eigenvalue weighted by Crippen LogP contribution is -2.12. The lowest BCUT2D eigenvalue weighted by atomic mass is 9.98. The Morgan fingerprint density at radius 1 is 1.22 bits per heavy atom. The van der Waals surface area contributed by atoms with Gasteiger partial charge in [-0.15, -0.1) is 11.3 Å². The summed E-state index contributed by atoms with van der Waals surface area (Å²) in [4.78, 5) is 2.60. The Labute approximate surface area is 118 Å². The summed E-state index contributed by atoms with van der Waals surface area (Å²) in [5.74, 6) is 0. The van der Waals surface area contributed by atoms with Gasteiger partial charge in [-0.25, -0.2) is 0 Å². The predicted molar refractivity (Wildman–Crippen MR) is 80.7 cm³/mol. The zero-order valence-corrected chi connectivity index (χ0v) is 12.5. The molecular formula is C15H18ClNS. The normalized spacial score (nSPS) is 12.7. The summed E-state index contributed by atoms with van der Waals surface area (Å²) in [6.45, 7) is 6.25. The van der Waals surface area contributed by atoms with E-state index in [0.29, 0.717) is 0 Å². The Balaban J connectivity index is 2.39. The lowest BCUT2D eigenvalue weighted by molar-refractivity contribution is 0.880. The third-order valence-corrected chi connectivity index (χ3v) is 4.94. The number of rotatable bonds is 3. The van der Waals surface area contributed by atoms with Gasteiger partial charge in [-0.1, -0.05) is 24.6 Å². The maximum Gasteiger partial charge on any atom is 0.0648 e. The Kier molecular flexibility index (Phi) is 4.10. The first-order valence-electron chi connectivity index (χ1n) is 6.13. The van der Waals surface area contributed by atoms with Crippen LogP contribution in [0.25, 0.3) is 0 Å². The first kappa shape index (κ1) is 13.6. The molecule has 0 aliphatic carbocycles. The number of hydrogen-bond donors (Lipinski definition) is 1. The summed E-state index contributed by atoms with van der Waals surface area (Å²) in [5.41, 5.74) is 9.78. The Morgan fingerprint density at radius 3 is 2.56 bits per heavy atom. The molecule has 1 unspecified atom stereocenters. The fraction of sp³-hybridized carbons (Fsp3) is 0.333. The highest BCUT2D eigenvalue weighted by Gasteiger charge is 2.14.